The van der Waals surface area contributed by atoms with E-state index in [2.05, 4.69) is 26.4 Å². The summed E-state index contributed by atoms with van der Waals surface area (Å²) in [5.74, 6) is 0. The lowest BCUT2D eigenvalue weighted by Gasteiger charge is -2.23. The number of benzene rings is 1. The van der Waals surface area contributed by atoms with E-state index in [1.165, 1.54) is 0 Å². The second-order valence-corrected chi connectivity index (χ2v) is 5.86. The van der Waals surface area contributed by atoms with Crippen molar-refractivity contribution in [3.05, 3.63) is 42.2 Å². The maximum Gasteiger partial charge on any atom is 0.139 e. The van der Waals surface area contributed by atoms with Gasteiger partial charge < -0.3 is 4.74 Å². The molecule has 1 aromatic carbocycles. The molecule has 0 aliphatic carbocycles. The first-order chi connectivity index (χ1) is 11.4. The molecule has 3 aromatic rings. The summed E-state index contributed by atoms with van der Waals surface area (Å²) in [5.41, 5.74) is 2.80. The van der Waals surface area contributed by atoms with Crippen LogP contribution >= 0.6 is 0 Å². The topological polar surface area (TPSA) is 69.2 Å². The minimum Gasteiger partial charge on any atom is -0.375 e. The summed E-state index contributed by atoms with van der Waals surface area (Å²) in [5, 5.41) is 12.2. The second kappa shape index (κ2) is 6.47. The van der Waals surface area contributed by atoms with E-state index in [4.69, 9.17) is 9.37 Å². The number of ether oxygens (including phenoxy) is 1. The van der Waals surface area contributed by atoms with Crippen LogP contribution in [0.25, 0.3) is 11.0 Å². The molecule has 23 heavy (non-hydrogen) atoms. The Balaban J connectivity index is 1.48. The van der Waals surface area contributed by atoms with Gasteiger partial charge in [-0.05, 0) is 34.4 Å². The molecule has 0 saturated carbocycles. The third-order valence-corrected chi connectivity index (χ3v) is 4.15. The van der Waals surface area contributed by atoms with E-state index in [0.29, 0.717) is 0 Å². The first-order valence-electron chi connectivity index (χ1n) is 7.90. The maximum atomic E-state index is 5.97. The molecule has 0 N–H and O–H groups in total. The number of fused-ring (bicyclic) bond motifs is 1. The van der Waals surface area contributed by atoms with E-state index >= 15 is 0 Å². The third-order valence-electron chi connectivity index (χ3n) is 4.15. The molecule has 120 valence electrons. The summed E-state index contributed by atoms with van der Waals surface area (Å²) < 4.78 is 12.8. The predicted molar refractivity (Wildman–Crippen MR) is 83.7 cm³/mol. The Morgan fingerprint density at radius 2 is 2.22 bits per heavy atom. The zero-order chi connectivity index (χ0) is 15.5. The molecule has 1 saturated heterocycles. The van der Waals surface area contributed by atoms with Crippen LogP contribution in [0.1, 0.15) is 12.0 Å². The summed E-state index contributed by atoms with van der Waals surface area (Å²) in [7, 11) is 0. The quantitative estimate of drug-likeness (QED) is 0.730. The largest absolute Gasteiger partial charge is 0.375 e. The van der Waals surface area contributed by atoms with Crippen LogP contribution in [0.3, 0.4) is 0 Å². The van der Waals surface area contributed by atoms with Gasteiger partial charge in [-0.1, -0.05) is 12.1 Å². The molecular formula is C16H19N5O2. The van der Waals surface area contributed by atoms with Crippen molar-refractivity contribution in [3.8, 4) is 0 Å². The molecule has 0 bridgehead atoms. The highest BCUT2D eigenvalue weighted by Crippen LogP contribution is 2.18. The summed E-state index contributed by atoms with van der Waals surface area (Å²) in [6, 6.07) is 7.94. The number of hydrogen-bond donors (Lipinski definition) is 0. The van der Waals surface area contributed by atoms with Gasteiger partial charge in [0.15, 0.2) is 0 Å². The zero-order valence-corrected chi connectivity index (χ0v) is 12.8. The van der Waals surface area contributed by atoms with E-state index in [1.807, 2.05) is 29.1 Å². The van der Waals surface area contributed by atoms with E-state index in [1.54, 1.807) is 6.20 Å². The first kappa shape index (κ1) is 14.3. The van der Waals surface area contributed by atoms with Crippen LogP contribution in [-0.4, -0.2) is 50.8 Å². The summed E-state index contributed by atoms with van der Waals surface area (Å²) in [6.45, 7) is 4.28. The monoisotopic (exact) mass is 313 g/mol. The van der Waals surface area contributed by atoms with Gasteiger partial charge in [0.1, 0.15) is 11.0 Å². The van der Waals surface area contributed by atoms with Crippen LogP contribution in [0.4, 0.5) is 0 Å². The standard InChI is InChI=1S/C16H19N5O2/c1-4-13(16-15(5-1)18-23-19-16)10-20-7-3-9-22-14(11-20)12-21-8-2-6-17-21/h1-2,4-6,8,14H,3,7,9-12H2/t14-/m1/s1. The van der Waals surface area contributed by atoms with Crippen molar-refractivity contribution in [2.75, 3.05) is 19.7 Å². The number of hydrogen-bond acceptors (Lipinski definition) is 6. The molecule has 1 atom stereocenters. The van der Waals surface area contributed by atoms with Crippen molar-refractivity contribution in [1.29, 1.82) is 0 Å². The zero-order valence-electron chi connectivity index (χ0n) is 12.8. The molecule has 0 radical (unpaired) electrons. The van der Waals surface area contributed by atoms with Gasteiger partial charge in [-0.2, -0.15) is 5.10 Å². The average Bonchev–Trinajstić information content (AvgIpc) is 3.18. The number of rotatable bonds is 4. The molecule has 2 aromatic heterocycles. The molecule has 0 spiro atoms. The van der Waals surface area contributed by atoms with E-state index in [0.717, 1.165) is 55.8 Å². The molecule has 0 unspecified atom stereocenters. The molecule has 7 heteroatoms. The van der Waals surface area contributed by atoms with Crippen LogP contribution in [0, 0.1) is 0 Å². The third kappa shape index (κ3) is 3.25. The Labute approximate surface area is 133 Å². The fourth-order valence-corrected chi connectivity index (χ4v) is 3.07. The fraction of sp³-hybridized carbons (Fsp3) is 0.438. The van der Waals surface area contributed by atoms with Crippen LogP contribution in [-0.2, 0) is 17.8 Å². The fourth-order valence-electron chi connectivity index (χ4n) is 3.07. The predicted octanol–water partition coefficient (Wildman–Crippen LogP) is 1.71. The Hall–Kier alpha value is -2.25. The molecule has 4 rings (SSSR count). The Kier molecular flexibility index (Phi) is 4.04. The van der Waals surface area contributed by atoms with E-state index in [9.17, 15) is 0 Å². The minimum atomic E-state index is 0.145. The van der Waals surface area contributed by atoms with E-state index < -0.39 is 0 Å². The van der Waals surface area contributed by atoms with Gasteiger partial charge >= 0.3 is 0 Å². The lowest BCUT2D eigenvalue weighted by Crippen LogP contribution is -2.34. The van der Waals surface area contributed by atoms with Crippen molar-refractivity contribution in [3.63, 3.8) is 0 Å². The number of nitrogens with zero attached hydrogens (tertiary/aromatic N) is 5. The van der Waals surface area contributed by atoms with Gasteiger partial charge in [0, 0.05) is 38.6 Å². The highest BCUT2D eigenvalue weighted by Gasteiger charge is 2.20. The molecule has 1 aliphatic rings. The molecule has 3 heterocycles. The smallest absolute Gasteiger partial charge is 0.139 e. The molecule has 1 fully saturated rings. The van der Waals surface area contributed by atoms with Gasteiger partial charge in [-0.15, -0.1) is 0 Å². The van der Waals surface area contributed by atoms with Gasteiger partial charge in [0.25, 0.3) is 0 Å². The Bertz CT molecular complexity index is 755. The van der Waals surface area contributed by atoms with Crippen molar-refractivity contribution >= 4 is 11.0 Å². The molecule has 7 nitrogen and oxygen atoms in total. The molecular weight excluding hydrogens is 294 g/mol. The molecule has 0 amide bonds. The number of aromatic nitrogens is 4. The Morgan fingerprint density at radius 1 is 1.22 bits per heavy atom. The van der Waals surface area contributed by atoms with Crippen LogP contribution < -0.4 is 0 Å². The lowest BCUT2D eigenvalue weighted by molar-refractivity contribution is 0.0391. The lowest BCUT2D eigenvalue weighted by atomic mass is 10.1. The van der Waals surface area contributed by atoms with Gasteiger partial charge in [0.2, 0.25) is 0 Å². The summed E-state index contributed by atoms with van der Waals surface area (Å²) in [6.07, 6.45) is 4.95. The highest BCUT2D eigenvalue weighted by molar-refractivity contribution is 5.76. The highest BCUT2D eigenvalue weighted by atomic mass is 16.6. The van der Waals surface area contributed by atoms with Crippen LogP contribution in [0.2, 0.25) is 0 Å². The van der Waals surface area contributed by atoms with Crippen LogP contribution in [0.5, 0.6) is 0 Å². The van der Waals surface area contributed by atoms with Crippen molar-refractivity contribution in [1.82, 2.24) is 25.0 Å². The molecule has 1 aliphatic heterocycles. The summed E-state index contributed by atoms with van der Waals surface area (Å²) >= 11 is 0. The van der Waals surface area contributed by atoms with Crippen LogP contribution in [0.15, 0.2) is 41.3 Å². The normalized spacial score (nSPS) is 19.9. The maximum absolute atomic E-state index is 5.97. The SMILES string of the molecule is c1cc(CN2CCCO[C@@H](Cn3cccn3)C2)c2nonc2c1. The summed E-state index contributed by atoms with van der Waals surface area (Å²) in [4.78, 5) is 2.41. The minimum absolute atomic E-state index is 0.145. The first-order valence-corrected chi connectivity index (χ1v) is 7.90. The van der Waals surface area contributed by atoms with E-state index in [-0.39, 0.29) is 6.10 Å². The van der Waals surface area contributed by atoms with Crippen molar-refractivity contribution in [2.24, 2.45) is 0 Å². The van der Waals surface area contributed by atoms with Gasteiger partial charge in [-0.25, -0.2) is 4.63 Å². The second-order valence-electron chi connectivity index (χ2n) is 5.86. The van der Waals surface area contributed by atoms with Crippen molar-refractivity contribution in [2.45, 2.75) is 25.6 Å². The Morgan fingerprint density at radius 3 is 3.13 bits per heavy atom. The van der Waals surface area contributed by atoms with Gasteiger partial charge in [0.05, 0.1) is 12.6 Å². The van der Waals surface area contributed by atoms with Gasteiger partial charge in [-0.3, -0.25) is 9.58 Å². The van der Waals surface area contributed by atoms with Crippen molar-refractivity contribution < 1.29 is 9.37 Å². The average molecular weight is 313 g/mol.